The third-order valence-corrected chi connectivity index (χ3v) is 4.69. The average Bonchev–Trinajstić information content (AvgIpc) is 2.65. The largest absolute Gasteiger partial charge is 0.504 e. The van der Waals surface area contributed by atoms with Gasteiger partial charge >= 0.3 is 0 Å². The van der Waals surface area contributed by atoms with E-state index in [4.69, 9.17) is 14.2 Å². The molecule has 3 aromatic carbocycles. The molecule has 0 amide bonds. The summed E-state index contributed by atoms with van der Waals surface area (Å²) in [6.07, 6.45) is 0.860. The summed E-state index contributed by atoms with van der Waals surface area (Å²) in [5.41, 5.74) is 1.14. The molecule has 0 fully saturated rings. The molecular formula is C21H25NO4. The fourth-order valence-electron chi connectivity index (χ4n) is 3.31. The fraction of sp³-hybridized carbons (Fsp3) is 0.333. The molecule has 0 aromatic heterocycles. The number of benzene rings is 3. The third-order valence-electron chi connectivity index (χ3n) is 4.69. The van der Waals surface area contributed by atoms with E-state index in [1.807, 2.05) is 44.4 Å². The second-order valence-corrected chi connectivity index (χ2v) is 6.56. The smallest absolute Gasteiger partial charge is 0.166 e. The Labute approximate surface area is 153 Å². The molecule has 0 saturated carbocycles. The SMILES string of the molecule is COc1cc2ccc3c(CCN(C)C)cc(OC)c(O)c3c2cc1OC. The van der Waals surface area contributed by atoms with Crippen molar-refractivity contribution in [3.05, 3.63) is 35.9 Å². The van der Waals surface area contributed by atoms with Crippen molar-refractivity contribution >= 4 is 21.5 Å². The zero-order chi connectivity index (χ0) is 18.8. The van der Waals surface area contributed by atoms with Gasteiger partial charge in [-0.25, -0.2) is 0 Å². The summed E-state index contributed by atoms with van der Waals surface area (Å²) in [5, 5.41) is 14.5. The Morgan fingerprint density at radius 2 is 1.50 bits per heavy atom. The highest BCUT2D eigenvalue weighted by Crippen LogP contribution is 2.43. The highest BCUT2D eigenvalue weighted by Gasteiger charge is 2.17. The molecule has 0 radical (unpaired) electrons. The van der Waals surface area contributed by atoms with Crippen LogP contribution in [0.15, 0.2) is 30.3 Å². The summed E-state index contributed by atoms with van der Waals surface area (Å²) in [6.45, 7) is 0.910. The van der Waals surface area contributed by atoms with Gasteiger partial charge in [0.15, 0.2) is 23.0 Å². The molecule has 0 saturated heterocycles. The van der Waals surface area contributed by atoms with Gasteiger partial charge in [0.25, 0.3) is 0 Å². The number of fused-ring (bicyclic) bond motifs is 3. The van der Waals surface area contributed by atoms with Crippen LogP contribution < -0.4 is 14.2 Å². The lowest BCUT2D eigenvalue weighted by Gasteiger charge is -2.17. The van der Waals surface area contributed by atoms with Gasteiger partial charge in [-0.1, -0.05) is 12.1 Å². The van der Waals surface area contributed by atoms with Gasteiger partial charge in [0.1, 0.15) is 0 Å². The van der Waals surface area contributed by atoms with E-state index in [0.29, 0.717) is 17.2 Å². The van der Waals surface area contributed by atoms with Crippen molar-refractivity contribution in [3.63, 3.8) is 0 Å². The van der Waals surface area contributed by atoms with Crippen LogP contribution in [-0.4, -0.2) is 52.0 Å². The Morgan fingerprint density at radius 1 is 0.846 bits per heavy atom. The Kier molecular flexibility index (Phi) is 5.09. The number of ether oxygens (including phenoxy) is 3. The minimum atomic E-state index is 0.147. The molecule has 0 unspecified atom stereocenters. The average molecular weight is 355 g/mol. The summed E-state index contributed by atoms with van der Waals surface area (Å²) < 4.78 is 16.3. The Morgan fingerprint density at radius 3 is 2.12 bits per heavy atom. The van der Waals surface area contributed by atoms with Gasteiger partial charge in [-0.3, -0.25) is 0 Å². The lowest BCUT2D eigenvalue weighted by molar-refractivity contribution is 0.356. The van der Waals surface area contributed by atoms with Crippen LogP contribution in [0.1, 0.15) is 5.56 Å². The summed E-state index contributed by atoms with van der Waals surface area (Å²) in [7, 11) is 8.90. The Balaban J connectivity index is 2.35. The number of aromatic hydroxyl groups is 1. The zero-order valence-electron chi connectivity index (χ0n) is 15.9. The van der Waals surface area contributed by atoms with Crippen LogP contribution in [0.5, 0.6) is 23.0 Å². The van der Waals surface area contributed by atoms with Crippen LogP contribution >= 0.6 is 0 Å². The van der Waals surface area contributed by atoms with Gasteiger partial charge in [0, 0.05) is 11.9 Å². The molecule has 0 heterocycles. The predicted octanol–water partition coefficient (Wildman–Crippen LogP) is 3.83. The number of likely N-dealkylation sites (N-methyl/N-ethyl adjacent to an activating group) is 1. The summed E-state index contributed by atoms with van der Waals surface area (Å²) in [4.78, 5) is 2.14. The monoisotopic (exact) mass is 355 g/mol. The first-order valence-electron chi connectivity index (χ1n) is 8.52. The summed E-state index contributed by atoms with van der Waals surface area (Å²) >= 11 is 0. The summed E-state index contributed by atoms with van der Waals surface area (Å²) in [5.74, 6) is 1.92. The highest BCUT2D eigenvalue weighted by molar-refractivity contribution is 6.13. The number of hydrogen-bond acceptors (Lipinski definition) is 5. The topological polar surface area (TPSA) is 51.2 Å². The minimum absolute atomic E-state index is 0.147. The molecule has 0 aliphatic carbocycles. The normalized spacial score (nSPS) is 11.3. The van der Waals surface area contributed by atoms with Crippen LogP contribution in [0.3, 0.4) is 0 Å². The van der Waals surface area contributed by atoms with Gasteiger partial charge in [0.05, 0.1) is 21.3 Å². The van der Waals surface area contributed by atoms with Crippen LogP contribution in [0.4, 0.5) is 0 Å². The fourth-order valence-corrected chi connectivity index (χ4v) is 3.31. The van der Waals surface area contributed by atoms with Crippen LogP contribution in [-0.2, 0) is 6.42 Å². The van der Waals surface area contributed by atoms with Crippen molar-refractivity contribution in [1.82, 2.24) is 4.90 Å². The number of phenolic OH excluding ortho intramolecular Hbond substituents is 1. The lowest BCUT2D eigenvalue weighted by atomic mass is 9.95. The van der Waals surface area contributed by atoms with Gasteiger partial charge in [0.2, 0.25) is 0 Å². The predicted molar refractivity (Wildman–Crippen MR) is 105 cm³/mol. The maximum atomic E-state index is 10.8. The first-order chi connectivity index (χ1) is 12.5. The Bertz CT molecular complexity index is 950. The van der Waals surface area contributed by atoms with Gasteiger partial charge < -0.3 is 24.2 Å². The molecule has 0 aliphatic heterocycles. The number of methoxy groups -OCH3 is 3. The molecule has 0 aliphatic rings. The second-order valence-electron chi connectivity index (χ2n) is 6.56. The van der Waals surface area contributed by atoms with E-state index in [1.54, 1.807) is 21.3 Å². The van der Waals surface area contributed by atoms with E-state index in [9.17, 15) is 5.11 Å². The number of hydrogen-bond donors (Lipinski definition) is 1. The van der Waals surface area contributed by atoms with E-state index in [-0.39, 0.29) is 5.75 Å². The van der Waals surface area contributed by atoms with Crippen molar-refractivity contribution in [3.8, 4) is 23.0 Å². The quantitative estimate of drug-likeness (QED) is 0.681. The van der Waals surface area contributed by atoms with E-state index in [1.165, 1.54) is 0 Å². The van der Waals surface area contributed by atoms with Crippen molar-refractivity contribution in [1.29, 1.82) is 0 Å². The van der Waals surface area contributed by atoms with Gasteiger partial charge in [-0.2, -0.15) is 0 Å². The first kappa shape index (κ1) is 18.1. The third kappa shape index (κ3) is 3.10. The second kappa shape index (κ2) is 7.30. The maximum absolute atomic E-state index is 10.8. The van der Waals surface area contributed by atoms with E-state index >= 15 is 0 Å². The van der Waals surface area contributed by atoms with E-state index < -0.39 is 0 Å². The molecule has 5 heteroatoms. The van der Waals surface area contributed by atoms with Crippen LogP contribution in [0, 0.1) is 0 Å². The summed E-state index contributed by atoms with van der Waals surface area (Å²) in [6, 6.07) is 9.85. The van der Waals surface area contributed by atoms with Crippen LogP contribution in [0.25, 0.3) is 21.5 Å². The maximum Gasteiger partial charge on any atom is 0.166 e. The molecule has 138 valence electrons. The van der Waals surface area contributed by atoms with Crippen molar-refractivity contribution < 1.29 is 19.3 Å². The molecular weight excluding hydrogens is 330 g/mol. The van der Waals surface area contributed by atoms with Crippen molar-refractivity contribution in [2.24, 2.45) is 0 Å². The lowest BCUT2D eigenvalue weighted by Crippen LogP contribution is -2.15. The van der Waals surface area contributed by atoms with Gasteiger partial charge in [-0.05, 0) is 60.4 Å². The highest BCUT2D eigenvalue weighted by atomic mass is 16.5. The van der Waals surface area contributed by atoms with Gasteiger partial charge in [-0.15, -0.1) is 0 Å². The Hall–Kier alpha value is -2.66. The number of rotatable bonds is 6. The number of phenols is 1. The van der Waals surface area contributed by atoms with Crippen molar-refractivity contribution in [2.45, 2.75) is 6.42 Å². The molecule has 26 heavy (non-hydrogen) atoms. The first-order valence-corrected chi connectivity index (χ1v) is 8.52. The molecule has 0 atom stereocenters. The van der Waals surface area contributed by atoms with E-state index in [2.05, 4.69) is 4.90 Å². The molecule has 5 nitrogen and oxygen atoms in total. The number of nitrogens with zero attached hydrogens (tertiary/aromatic N) is 1. The minimum Gasteiger partial charge on any atom is -0.504 e. The molecule has 0 spiro atoms. The standard InChI is InChI=1S/C21H25NO4/c1-22(2)9-8-14-11-19(26-5)21(23)20-15(14)7-6-13-10-17(24-3)18(25-4)12-16(13)20/h6-7,10-12,23H,8-9H2,1-5H3. The molecule has 0 bridgehead atoms. The molecule has 1 N–H and O–H groups in total. The zero-order valence-corrected chi connectivity index (χ0v) is 15.9. The van der Waals surface area contributed by atoms with E-state index in [0.717, 1.165) is 40.1 Å². The van der Waals surface area contributed by atoms with Crippen LogP contribution in [0.2, 0.25) is 0 Å². The molecule has 3 aromatic rings. The van der Waals surface area contributed by atoms with Crippen molar-refractivity contribution in [2.75, 3.05) is 42.0 Å². The molecule has 3 rings (SSSR count).